The lowest BCUT2D eigenvalue weighted by Crippen LogP contribution is -2.10. The first-order valence-electron chi connectivity index (χ1n) is 19.4. The molecular formula is C49H47Br3N6. The zero-order valence-corrected chi connectivity index (χ0v) is 37.5. The molecule has 0 aliphatic heterocycles. The van der Waals surface area contributed by atoms with E-state index in [1.807, 2.05) is 97.2 Å². The van der Waals surface area contributed by atoms with Gasteiger partial charge < -0.3 is 5.73 Å². The fraction of sp³-hybridized carbons (Fsp3) is 0.163. The van der Waals surface area contributed by atoms with E-state index >= 15 is 0 Å². The van der Waals surface area contributed by atoms with Crippen LogP contribution in [-0.4, -0.2) is 27.0 Å². The largest absolute Gasteiger partial charge is 0.384 e. The molecule has 0 amide bonds. The molecule has 0 saturated heterocycles. The number of halogens is 3. The quantitative estimate of drug-likeness (QED) is 0.0941. The Morgan fingerprint density at radius 1 is 0.534 bits per heavy atom. The fourth-order valence-electron chi connectivity index (χ4n) is 5.61. The summed E-state index contributed by atoms with van der Waals surface area (Å²) in [6, 6.07) is 50.6. The Labute approximate surface area is 368 Å². The van der Waals surface area contributed by atoms with E-state index in [1.54, 1.807) is 12.1 Å². The minimum atomic E-state index is 0.104. The second kappa shape index (κ2) is 23.3. The molecule has 1 heterocycles. The molecule has 0 bridgehead atoms. The van der Waals surface area contributed by atoms with Gasteiger partial charge in [0.15, 0.2) is 17.5 Å². The average molecular weight is 960 g/mol. The predicted molar refractivity (Wildman–Crippen MR) is 254 cm³/mol. The minimum absolute atomic E-state index is 0.104. The topological polar surface area (TPSA) is 101 Å². The Morgan fingerprint density at radius 2 is 0.914 bits per heavy atom. The van der Waals surface area contributed by atoms with Gasteiger partial charge in [0, 0.05) is 41.9 Å². The molecular weight excluding hydrogens is 912 g/mol. The van der Waals surface area contributed by atoms with Crippen LogP contribution in [0.5, 0.6) is 0 Å². The highest BCUT2D eigenvalue weighted by molar-refractivity contribution is 9.11. The third-order valence-corrected chi connectivity index (χ3v) is 10.5. The number of aromatic nitrogens is 3. The van der Waals surface area contributed by atoms with Crippen molar-refractivity contribution in [3.63, 3.8) is 0 Å². The number of hydrogen-bond donors (Lipinski definition) is 2. The van der Waals surface area contributed by atoms with Gasteiger partial charge in [0.1, 0.15) is 5.84 Å². The Balaban J connectivity index is 0.000000192. The van der Waals surface area contributed by atoms with Crippen molar-refractivity contribution in [3.05, 3.63) is 187 Å². The molecule has 0 aliphatic carbocycles. The summed E-state index contributed by atoms with van der Waals surface area (Å²) in [5, 5.41) is 7.07. The van der Waals surface area contributed by atoms with Crippen LogP contribution in [0.1, 0.15) is 61.8 Å². The summed E-state index contributed by atoms with van der Waals surface area (Å²) in [4.78, 5) is 18.8. The molecule has 7 rings (SSSR count). The maximum atomic E-state index is 7.07. The average Bonchev–Trinajstić information content (AvgIpc) is 3.26. The molecule has 0 spiro atoms. The van der Waals surface area contributed by atoms with Gasteiger partial charge in [-0.2, -0.15) is 0 Å². The first-order chi connectivity index (χ1) is 28.2. The van der Waals surface area contributed by atoms with Gasteiger partial charge in [-0.3, -0.25) is 10.4 Å². The number of unbranched alkanes of at least 4 members (excludes halogenated alkanes) is 2. The molecule has 6 aromatic carbocycles. The number of nitrogen functional groups attached to an aromatic ring is 1. The van der Waals surface area contributed by atoms with Crippen LogP contribution in [0.25, 0.3) is 34.2 Å². The van der Waals surface area contributed by atoms with Crippen LogP contribution in [0, 0.1) is 5.41 Å². The van der Waals surface area contributed by atoms with E-state index in [0.717, 1.165) is 53.3 Å². The zero-order valence-electron chi connectivity index (χ0n) is 32.8. The van der Waals surface area contributed by atoms with E-state index < -0.39 is 0 Å². The monoisotopic (exact) mass is 956 g/mol. The number of nitrogens with zero attached hydrogens (tertiary/aromatic N) is 4. The number of benzene rings is 6. The molecule has 0 unspecified atom stereocenters. The van der Waals surface area contributed by atoms with Gasteiger partial charge in [0.2, 0.25) is 0 Å². The van der Waals surface area contributed by atoms with Gasteiger partial charge in [0.25, 0.3) is 0 Å². The summed E-state index contributed by atoms with van der Waals surface area (Å²) in [6.45, 7) is 4.44. The standard InChI is InChI=1S/C25H21Br2N3.C17H19N.C7H7BrN2/c1-2-3-4-17-5-7-18(8-6-17)23-28-24(19-9-13-21(26)14-10-19)30-25(29-23)20-11-15-22(27)16-12-20;1-2-3-7-15-10-12-16(13-11-15)14-18-17-8-5-4-6-9-17;8-6-3-1-5(2-4-6)7(9)10/h5-16H,2-4H2,1H3;4-6,8-14H,2-3,7H2,1H3;1-4H,(H3,9,10). The normalized spacial score (nSPS) is 10.6. The van der Waals surface area contributed by atoms with Crippen molar-refractivity contribution in [2.75, 3.05) is 0 Å². The summed E-state index contributed by atoms with van der Waals surface area (Å²) in [7, 11) is 0. The molecule has 1 aromatic heterocycles. The van der Waals surface area contributed by atoms with E-state index in [2.05, 4.69) is 115 Å². The first-order valence-corrected chi connectivity index (χ1v) is 21.7. The van der Waals surface area contributed by atoms with Crippen molar-refractivity contribution >= 4 is 65.5 Å². The Morgan fingerprint density at radius 3 is 1.31 bits per heavy atom. The van der Waals surface area contributed by atoms with E-state index in [9.17, 15) is 0 Å². The first kappa shape index (κ1) is 44.0. The van der Waals surface area contributed by atoms with Crippen molar-refractivity contribution in [1.29, 1.82) is 5.41 Å². The molecule has 58 heavy (non-hydrogen) atoms. The molecule has 0 saturated carbocycles. The summed E-state index contributed by atoms with van der Waals surface area (Å²) >= 11 is 10.3. The highest BCUT2D eigenvalue weighted by Crippen LogP contribution is 2.27. The molecule has 0 atom stereocenters. The van der Waals surface area contributed by atoms with Crippen molar-refractivity contribution in [2.24, 2.45) is 10.7 Å². The Bertz CT molecular complexity index is 2270. The van der Waals surface area contributed by atoms with Crippen LogP contribution in [0.15, 0.2) is 170 Å². The predicted octanol–water partition coefficient (Wildman–Crippen LogP) is 14.3. The number of nitrogens with one attached hydrogen (secondary N) is 1. The van der Waals surface area contributed by atoms with Gasteiger partial charge in [-0.25, -0.2) is 15.0 Å². The number of aryl methyl sites for hydroxylation is 2. The van der Waals surface area contributed by atoms with Crippen molar-refractivity contribution in [3.8, 4) is 34.2 Å². The number of hydrogen-bond acceptors (Lipinski definition) is 5. The number of rotatable bonds is 12. The fourth-order valence-corrected chi connectivity index (χ4v) is 6.40. The molecule has 6 nitrogen and oxygen atoms in total. The minimum Gasteiger partial charge on any atom is -0.384 e. The van der Waals surface area contributed by atoms with Crippen molar-refractivity contribution < 1.29 is 0 Å². The van der Waals surface area contributed by atoms with Gasteiger partial charge in [-0.1, -0.05) is 178 Å². The lowest BCUT2D eigenvalue weighted by atomic mass is 10.1. The van der Waals surface area contributed by atoms with Gasteiger partial charge in [0.05, 0.1) is 5.69 Å². The van der Waals surface area contributed by atoms with Crippen LogP contribution in [0.2, 0.25) is 0 Å². The lowest BCUT2D eigenvalue weighted by Gasteiger charge is -2.09. The summed E-state index contributed by atoms with van der Waals surface area (Å²) in [5.41, 5.74) is 13.8. The van der Waals surface area contributed by atoms with E-state index in [-0.39, 0.29) is 5.84 Å². The van der Waals surface area contributed by atoms with Gasteiger partial charge >= 0.3 is 0 Å². The van der Waals surface area contributed by atoms with Crippen LogP contribution in [0.3, 0.4) is 0 Å². The van der Waals surface area contributed by atoms with Crippen LogP contribution in [-0.2, 0) is 12.8 Å². The summed E-state index contributed by atoms with van der Waals surface area (Å²) in [5.74, 6) is 2.12. The second-order valence-electron chi connectivity index (χ2n) is 13.5. The molecule has 7 aromatic rings. The van der Waals surface area contributed by atoms with Crippen LogP contribution >= 0.6 is 47.8 Å². The van der Waals surface area contributed by atoms with E-state index in [1.165, 1.54) is 43.2 Å². The van der Waals surface area contributed by atoms with Gasteiger partial charge in [-0.05, 0) is 90.9 Å². The summed E-state index contributed by atoms with van der Waals surface area (Å²) < 4.78 is 3.05. The molecule has 0 radical (unpaired) electrons. The number of aliphatic imine (C=N–C) groups is 1. The number of para-hydroxylation sites is 1. The van der Waals surface area contributed by atoms with Crippen molar-refractivity contribution in [2.45, 2.75) is 52.4 Å². The van der Waals surface area contributed by atoms with Crippen molar-refractivity contribution in [1.82, 2.24) is 15.0 Å². The Hall–Kier alpha value is -5.09. The molecule has 0 fully saturated rings. The van der Waals surface area contributed by atoms with E-state index in [0.29, 0.717) is 17.5 Å². The molecule has 0 aliphatic rings. The van der Waals surface area contributed by atoms with Crippen LogP contribution in [0.4, 0.5) is 5.69 Å². The number of nitrogens with two attached hydrogens (primary N) is 1. The highest BCUT2D eigenvalue weighted by Gasteiger charge is 2.12. The second-order valence-corrected chi connectivity index (χ2v) is 16.2. The SMILES string of the molecule is CCCCc1ccc(-c2nc(-c3ccc(Br)cc3)nc(-c3ccc(Br)cc3)n2)cc1.CCCCc1ccc(C=Nc2ccccc2)cc1.N=C(N)c1ccc(Br)cc1. The third kappa shape index (κ3) is 14.4. The van der Waals surface area contributed by atoms with E-state index in [4.69, 9.17) is 26.1 Å². The molecule has 3 N–H and O–H groups in total. The Kier molecular flexibility index (Phi) is 17.7. The molecule has 9 heteroatoms. The number of amidine groups is 1. The third-order valence-electron chi connectivity index (χ3n) is 8.94. The summed E-state index contributed by atoms with van der Waals surface area (Å²) in [6.07, 6.45) is 9.09. The highest BCUT2D eigenvalue weighted by atomic mass is 79.9. The maximum absolute atomic E-state index is 7.07. The lowest BCUT2D eigenvalue weighted by molar-refractivity contribution is 0.795. The maximum Gasteiger partial charge on any atom is 0.164 e. The van der Waals surface area contributed by atoms with Crippen LogP contribution < -0.4 is 5.73 Å². The zero-order chi connectivity index (χ0) is 41.1. The van der Waals surface area contributed by atoms with Gasteiger partial charge in [-0.15, -0.1) is 0 Å². The molecule has 294 valence electrons. The smallest absolute Gasteiger partial charge is 0.164 e.